The number of nitrogens with zero attached hydrogens (tertiary/aromatic N) is 5. The van der Waals surface area contributed by atoms with E-state index in [0.29, 0.717) is 34.7 Å². The maximum Gasteiger partial charge on any atom is 0.263 e. The highest BCUT2D eigenvalue weighted by Gasteiger charge is 2.17. The lowest BCUT2D eigenvalue weighted by Crippen LogP contribution is -2.16. The fourth-order valence-corrected chi connectivity index (χ4v) is 5.36. The lowest BCUT2D eigenvalue weighted by molar-refractivity contribution is -0.113. The number of allylic oxidation sites excluding steroid dienone is 1. The Hall–Kier alpha value is -4.03. The largest absolute Gasteiger partial charge is 0.325 e. The van der Waals surface area contributed by atoms with E-state index in [0.717, 1.165) is 11.1 Å². The van der Waals surface area contributed by atoms with Gasteiger partial charge in [0.2, 0.25) is 5.91 Å². The van der Waals surface area contributed by atoms with Crippen molar-refractivity contribution in [1.29, 1.82) is 0 Å². The van der Waals surface area contributed by atoms with Gasteiger partial charge >= 0.3 is 0 Å². The van der Waals surface area contributed by atoms with Crippen LogP contribution >= 0.6 is 11.8 Å². The molecule has 0 unspecified atom stereocenters. The molecule has 2 aromatic carbocycles. The third-order valence-electron chi connectivity index (χ3n) is 5.32. The quantitative estimate of drug-likeness (QED) is 0.220. The summed E-state index contributed by atoms with van der Waals surface area (Å²) in [5.41, 5.74) is 3.19. The smallest absolute Gasteiger partial charge is 0.263 e. The van der Waals surface area contributed by atoms with Crippen LogP contribution in [0.2, 0.25) is 0 Å². The number of aromatic nitrogens is 5. The van der Waals surface area contributed by atoms with E-state index in [9.17, 15) is 13.2 Å². The van der Waals surface area contributed by atoms with Crippen molar-refractivity contribution in [3.8, 4) is 11.4 Å². The zero-order valence-electron chi connectivity index (χ0n) is 21.2. The van der Waals surface area contributed by atoms with Crippen molar-refractivity contribution in [1.82, 2.24) is 24.7 Å². The number of carbonyl (C=O) groups excluding carboxylic acids is 1. The van der Waals surface area contributed by atoms with Gasteiger partial charge in [0, 0.05) is 29.6 Å². The first-order valence-corrected chi connectivity index (χ1v) is 14.1. The summed E-state index contributed by atoms with van der Waals surface area (Å²) in [6.07, 6.45) is 1.75. The van der Waals surface area contributed by atoms with Crippen molar-refractivity contribution in [3.63, 3.8) is 0 Å². The molecule has 0 spiro atoms. The predicted molar refractivity (Wildman–Crippen MR) is 149 cm³/mol. The van der Waals surface area contributed by atoms with E-state index in [1.165, 1.54) is 36.0 Å². The summed E-state index contributed by atoms with van der Waals surface area (Å²) in [6.45, 7) is 9.77. The molecule has 4 aromatic rings. The van der Waals surface area contributed by atoms with Crippen LogP contribution in [0.1, 0.15) is 17.1 Å². The number of rotatable bonds is 10. The summed E-state index contributed by atoms with van der Waals surface area (Å²) in [6, 6.07) is 15.4. The molecule has 0 saturated heterocycles. The average molecular weight is 550 g/mol. The minimum atomic E-state index is -3.85. The highest BCUT2D eigenvalue weighted by molar-refractivity contribution is 7.99. The molecular formula is C26H27N7O3S2. The number of carbonyl (C=O) groups is 1. The molecule has 0 saturated carbocycles. The molecule has 0 aliphatic rings. The van der Waals surface area contributed by atoms with E-state index in [1.807, 2.05) is 35.8 Å². The van der Waals surface area contributed by atoms with Crippen molar-refractivity contribution < 1.29 is 13.2 Å². The van der Waals surface area contributed by atoms with Gasteiger partial charge in [-0.15, -0.1) is 16.8 Å². The maximum absolute atomic E-state index is 12.7. The van der Waals surface area contributed by atoms with Crippen LogP contribution in [0.5, 0.6) is 0 Å². The average Bonchev–Trinajstić information content (AvgIpc) is 3.25. The third kappa shape index (κ3) is 6.64. The number of hydrogen-bond donors (Lipinski definition) is 2. The van der Waals surface area contributed by atoms with E-state index < -0.39 is 10.0 Å². The Balaban J connectivity index is 1.39. The second-order valence-electron chi connectivity index (χ2n) is 8.48. The second-order valence-corrected chi connectivity index (χ2v) is 11.1. The molecule has 1 amide bonds. The molecule has 0 radical (unpaired) electrons. The summed E-state index contributed by atoms with van der Waals surface area (Å²) in [7, 11) is -3.85. The van der Waals surface area contributed by atoms with Gasteiger partial charge in [-0.2, -0.15) is 0 Å². The summed E-state index contributed by atoms with van der Waals surface area (Å²) in [5, 5.41) is 11.9. The highest BCUT2D eigenvalue weighted by atomic mass is 32.2. The Labute approximate surface area is 225 Å². The van der Waals surface area contributed by atoms with Crippen LogP contribution in [0.3, 0.4) is 0 Å². The third-order valence-corrected chi connectivity index (χ3v) is 7.66. The highest BCUT2D eigenvalue weighted by Crippen LogP contribution is 2.25. The van der Waals surface area contributed by atoms with Crippen molar-refractivity contribution in [2.75, 3.05) is 15.8 Å². The minimum absolute atomic E-state index is 0.0416. The number of benzene rings is 2. The number of thioether (sulfide) groups is 1. The normalized spacial score (nSPS) is 11.2. The first kappa shape index (κ1) is 27.0. The molecule has 12 heteroatoms. The van der Waals surface area contributed by atoms with Crippen LogP contribution < -0.4 is 10.0 Å². The van der Waals surface area contributed by atoms with Gasteiger partial charge in [-0.3, -0.25) is 14.1 Å². The Kier molecular flexibility index (Phi) is 8.23. The zero-order chi connectivity index (χ0) is 27.3. The van der Waals surface area contributed by atoms with E-state index in [4.69, 9.17) is 0 Å². The van der Waals surface area contributed by atoms with Crippen molar-refractivity contribution in [2.24, 2.45) is 0 Å². The van der Waals surface area contributed by atoms with Crippen LogP contribution in [0.15, 0.2) is 77.3 Å². The van der Waals surface area contributed by atoms with Crippen molar-refractivity contribution in [2.45, 2.75) is 37.4 Å². The van der Waals surface area contributed by atoms with Gasteiger partial charge in [0.15, 0.2) is 11.0 Å². The minimum Gasteiger partial charge on any atom is -0.325 e. The van der Waals surface area contributed by atoms with Gasteiger partial charge < -0.3 is 5.32 Å². The predicted octanol–water partition coefficient (Wildman–Crippen LogP) is 4.38. The van der Waals surface area contributed by atoms with Gasteiger partial charge in [-0.05, 0) is 45.0 Å². The van der Waals surface area contributed by atoms with E-state index >= 15 is 0 Å². The first-order chi connectivity index (χ1) is 18.1. The molecule has 4 rings (SSSR count). The molecule has 38 heavy (non-hydrogen) atoms. The molecule has 0 fully saturated rings. The first-order valence-electron chi connectivity index (χ1n) is 11.6. The van der Waals surface area contributed by atoms with Crippen molar-refractivity contribution in [3.05, 3.63) is 84.3 Å². The molecule has 2 heterocycles. The molecule has 0 aliphatic heterocycles. The van der Waals surface area contributed by atoms with E-state index in [2.05, 4.69) is 36.8 Å². The van der Waals surface area contributed by atoms with Crippen LogP contribution in [0.4, 0.5) is 11.5 Å². The lowest BCUT2D eigenvalue weighted by atomic mass is 10.1. The van der Waals surface area contributed by atoms with E-state index in [-0.39, 0.29) is 22.4 Å². The second kappa shape index (κ2) is 11.6. The number of amides is 1. The molecule has 10 nitrogen and oxygen atoms in total. The fraction of sp³-hybridized carbons (Fsp3) is 0.192. The van der Waals surface area contributed by atoms with Gasteiger partial charge in [0.25, 0.3) is 10.0 Å². The SMILES string of the molecule is C=CCn1c(SCC(=O)Nc2ccc(S(=O)(=O)Nc3cc(C)nc(C)n3)cc2)nnc1-c1ccc(C)cc1. The van der Waals surface area contributed by atoms with Crippen molar-refractivity contribution >= 4 is 39.2 Å². The van der Waals surface area contributed by atoms with E-state index in [1.54, 1.807) is 26.0 Å². The maximum atomic E-state index is 12.7. The monoisotopic (exact) mass is 549 g/mol. The number of aryl methyl sites for hydroxylation is 3. The summed E-state index contributed by atoms with van der Waals surface area (Å²) >= 11 is 1.26. The molecule has 0 aliphatic carbocycles. The zero-order valence-corrected chi connectivity index (χ0v) is 22.8. The standard InChI is InChI=1S/C26H27N7O3S2/c1-5-14-33-25(20-8-6-17(2)7-9-20)30-31-26(33)37-16-24(34)29-21-10-12-22(13-11-21)38(35,36)32-23-15-18(3)27-19(4)28-23/h5-13,15H,1,14,16H2,2-4H3,(H,29,34)(H,27,28,32). The number of hydrogen-bond acceptors (Lipinski definition) is 8. The van der Waals surface area contributed by atoms with Crippen LogP contribution in [0, 0.1) is 20.8 Å². The molecule has 2 aromatic heterocycles. The van der Waals surface area contributed by atoms with Crippen LogP contribution in [-0.2, 0) is 21.4 Å². The van der Waals surface area contributed by atoms with Gasteiger partial charge in [-0.1, -0.05) is 47.7 Å². The lowest BCUT2D eigenvalue weighted by Gasteiger charge is -2.10. The molecule has 196 valence electrons. The summed E-state index contributed by atoms with van der Waals surface area (Å²) in [5.74, 6) is 1.19. The van der Waals surface area contributed by atoms with Crippen LogP contribution in [-0.4, -0.2) is 44.8 Å². The van der Waals surface area contributed by atoms with Gasteiger partial charge in [0.1, 0.15) is 11.6 Å². The Morgan fingerprint density at radius 2 is 1.74 bits per heavy atom. The van der Waals surface area contributed by atoms with Gasteiger partial charge in [0.05, 0.1) is 10.6 Å². The fourth-order valence-electron chi connectivity index (χ4n) is 3.62. The summed E-state index contributed by atoms with van der Waals surface area (Å²) in [4.78, 5) is 20.9. The number of anilines is 2. The van der Waals surface area contributed by atoms with Crippen LogP contribution in [0.25, 0.3) is 11.4 Å². The Morgan fingerprint density at radius 3 is 2.39 bits per heavy atom. The molecule has 0 bridgehead atoms. The molecule has 2 N–H and O–H groups in total. The Bertz CT molecular complexity index is 1550. The van der Waals surface area contributed by atoms with Gasteiger partial charge in [-0.25, -0.2) is 18.4 Å². The number of sulfonamides is 1. The Morgan fingerprint density at radius 1 is 1.03 bits per heavy atom. The topological polar surface area (TPSA) is 132 Å². The molecule has 0 atom stereocenters. The number of nitrogens with one attached hydrogen (secondary N) is 2. The summed E-state index contributed by atoms with van der Waals surface area (Å²) < 4.78 is 29.8. The molecular weight excluding hydrogens is 522 g/mol.